The summed E-state index contributed by atoms with van der Waals surface area (Å²) in [5, 5.41) is 13.3. The van der Waals surface area contributed by atoms with E-state index >= 15 is 0 Å². The SMILES string of the molecule is CCN(C)c1cc(N2C[C@H](O)C[C@@H]2CNC(=O)C2CC(n3ccnc3)C2)ncn1. The van der Waals surface area contributed by atoms with E-state index in [4.69, 9.17) is 0 Å². The van der Waals surface area contributed by atoms with Gasteiger partial charge in [-0.3, -0.25) is 4.79 Å². The van der Waals surface area contributed by atoms with Gasteiger partial charge in [-0.25, -0.2) is 15.0 Å². The van der Waals surface area contributed by atoms with Crippen LogP contribution in [-0.4, -0.2) is 69.4 Å². The lowest BCUT2D eigenvalue weighted by molar-refractivity contribution is -0.128. The van der Waals surface area contributed by atoms with E-state index in [2.05, 4.69) is 36.7 Å². The van der Waals surface area contributed by atoms with Gasteiger partial charge in [-0.05, 0) is 26.2 Å². The first kappa shape index (κ1) is 19.6. The summed E-state index contributed by atoms with van der Waals surface area (Å²) >= 11 is 0. The van der Waals surface area contributed by atoms with Gasteiger partial charge in [0.05, 0.1) is 18.5 Å². The number of nitrogens with zero attached hydrogens (tertiary/aromatic N) is 6. The molecule has 9 heteroatoms. The molecule has 1 aliphatic carbocycles. The zero-order chi connectivity index (χ0) is 20.4. The predicted octanol–water partition coefficient (Wildman–Crippen LogP) is 0.836. The summed E-state index contributed by atoms with van der Waals surface area (Å²) in [6.07, 6.45) is 8.96. The Morgan fingerprint density at radius 2 is 2.17 bits per heavy atom. The number of nitrogens with one attached hydrogen (secondary N) is 1. The fourth-order valence-electron chi connectivity index (χ4n) is 4.12. The van der Waals surface area contributed by atoms with E-state index in [9.17, 15) is 9.90 Å². The second-order valence-corrected chi connectivity index (χ2v) is 8.02. The number of aliphatic hydroxyl groups excluding tert-OH is 1. The maximum absolute atomic E-state index is 12.6. The first-order valence-electron chi connectivity index (χ1n) is 10.3. The van der Waals surface area contributed by atoms with E-state index in [1.165, 1.54) is 0 Å². The van der Waals surface area contributed by atoms with Crippen molar-refractivity contribution in [1.82, 2.24) is 24.8 Å². The second-order valence-electron chi connectivity index (χ2n) is 8.02. The van der Waals surface area contributed by atoms with Crippen molar-refractivity contribution in [2.45, 2.75) is 44.4 Å². The molecule has 2 aliphatic rings. The van der Waals surface area contributed by atoms with Crippen LogP contribution in [0.4, 0.5) is 11.6 Å². The van der Waals surface area contributed by atoms with Crippen LogP contribution in [0.3, 0.4) is 0 Å². The standard InChI is InChI=1S/C20H29N7O2/c1-3-25(2)18-9-19(24-12-23-18)27-11-17(28)8-16(27)10-22-20(29)14-6-15(7-14)26-5-4-21-13-26/h4-5,9,12-17,28H,3,6-8,10-11H2,1-2H3,(H,22,29)/t14?,15?,16-,17-/m1/s1. The molecule has 0 bridgehead atoms. The van der Waals surface area contributed by atoms with Crippen molar-refractivity contribution in [1.29, 1.82) is 0 Å². The molecule has 0 radical (unpaired) electrons. The maximum atomic E-state index is 12.6. The van der Waals surface area contributed by atoms with E-state index in [1.54, 1.807) is 12.5 Å². The first-order chi connectivity index (χ1) is 14.0. The molecular formula is C20H29N7O2. The van der Waals surface area contributed by atoms with Crippen LogP contribution in [0.1, 0.15) is 32.2 Å². The summed E-state index contributed by atoms with van der Waals surface area (Å²) < 4.78 is 2.07. The molecule has 3 heterocycles. The molecule has 2 N–H and O–H groups in total. The third-order valence-corrected chi connectivity index (χ3v) is 6.13. The van der Waals surface area contributed by atoms with Crippen LogP contribution in [0.15, 0.2) is 31.1 Å². The maximum Gasteiger partial charge on any atom is 0.223 e. The summed E-state index contributed by atoms with van der Waals surface area (Å²) in [4.78, 5) is 29.5. The van der Waals surface area contributed by atoms with Crippen molar-refractivity contribution in [3.8, 4) is 0 Å². The van der Waals surface area contributed by atoms with Gasteiger partial charge < -0.3 is 24.8 Å². The lowest BCUT2D eigenvalue weighted by atomic mass is 9.79. The fraction of sp³-hybridized carbons (Fsp3) is 0.600. The molecule has 0 unspecified atom stereocenters. The highest BCUT2D eigenvalue weighted by atomic mass is 16.3. The number of carbonyl (C=O) groups is 1. The minimum atomic E-state index is -0.423. The summed E-state index contributed by atoms with van der Waals surface area (Å²) in [6.45, 7) is 3.93. The summed E-state index contributed by atoms with van der Waals surface area (Å²) in [5.41, 5.74) is 0. The second kappa shape index (κ2) is 8.36. The number of imidazole rings is 1. The molecule has 2 fully saturated rings. The first-order valence-corrected chi connectivity index (χ1v) is 10.3. The van der Waals surface area contributed by atoms with Gasteiger partial charge in [-0.1, -0.05) is 0 Å². The van der Waals surface area contributed by atoms with Gasteiger partial charge in [0.25, 0.3) is 0 Å². The molecule has 9 nitrogen and oxygen atoms in total. The van der Waals surface area contributed by atoms with Crippen molar-refractivity contribution in [2.24, 2.45) is 5.92 Å². The van der Waals surface area contributed by atoms with E-state index in [0.29, 0.717) is 25.6 Å². The number of hydrogen-bond donors (Lipinski definition) is 2. The third kappa shape index (κ3) is 4.19. The Morgan fingerprint density at radius 3 is 2.90 bits per heavy atom. The highest BCUT2D eigenvalue weighted by molar-refractivity contribution is 5.79. The highest BCUT2D eigenvalue weighted by Gasteiger charge is 2.37. The van der Waals surface area contributed by atoms with Crippen molar-refractivity contribution < 1.29 is 9.90 Å². The van der Waals surface area contributed by atoms with Gasteiger partial charge in [0.1, 0.15) is 18.0 Å². The van der Waals surface area contributed by atoms with Gasteiger partial charge in [-0.15, -0.1) is 0 Å². The van der Waals surface area contributed by atoms with E-state index < -0.39 is 6.10 Å². The van der Waals surface area contributed by atoms with Crippen LogP contribution in [0.2, 0.25) is 0 Å². The average Bonchev–Trinajstić information content (AvgIpc) is 3.34. The van der Waals surface area contributed by atoms with Gasteiger partial charge in [0.2, 0.25) is 5.91 Å². The van der Waals surface area contributed by atoms with Crippen LogP contribution in [0.25, 0.3) is 0 Å². The van der Waals surface area contributed by atoms with Crippen LogP contribution in [0.5, 0.6) is 0 Å². The quantitative estimate of drug-likeness (QED) is 0.712. The number of β-amino-alcohol motifs (C(OH)–C–C–N with tert-alkyl or cyclic N) is 1. The monoisotopic (exact) mass is 399 g/mol. The third-order valence-electron chi connectivity index (χ3n) is 6.13. The number of carbonyl (C=O) groups excluding carboxylic acids is 1. The molecule has 4 rings (SSSR count). The number of amides is 1. The van der Waals surface area contributed by atoms with Gasteiger partial charge >= 0.3 is 0 Å². The van der Waals surface area contributed by atoms with Crippen molar-refractivity contribution >= 4 is 17.5 Å². The fourth-order valence-corrected chi connectivity index (χ4v) is 4.12. The molecule has 2 aromatic heterocycles. The molecule has 0 aromatic carbocycles. The molecule has 29 heavy (non-hydrogen) atoms. The number of hydrogen-bond acceptors (Lipinski definition) is 7. The average molecular weight is 399 g/mol. The zero-order valence-electron chi connectivity index (χ0n) is 17.0. The lowest BCUT2D eigenvalue weighted by Gasteiger charge is -2.35. The summed E-state index contributed by atoms with van der Waals surface area (Å²) in [5.74, 6) is 1.78. The van der Waals surface area contributed by atoms with Crippen LogP contribution < -0.4 is 15.1 Å². The number of aromatic nitrogens is 4. The van der Waals surface area contributed by atoms with Crippen molar-refractivity contribution in [3.05, 3.63) is 31.1 Å². The van der Waals surface area contributed by atoms with Gasteiger partial charge in [0.15, 0.2) is 0 Å². The highest BCUT2D eigenvalue weighted by Crippen LogP contribution is 2.37. The Morgan fingerprint density at radius 1 is 1.34 bits per heavy atom. The largest absolute Gasteiger partial charge is 0.391 e. The molecular weight excluding hydrogens is 370 g/mol. The molecule has 1 aliphatic heterocycles. The summed E-state index contributed by atoms with van der Waals surface area (Å²) in [7, 11) is 1.98. The van der Waals surface area contributed by atoms with Crippen LogP contribution >= 0.6 is 0 Å². The Hall–Kier alpha value is -2.68. The minimum Gasteiger partial charge on any atom is -0.391 e. The van der Waals surface area contributed by atoms with E-state index in [1.807, 2.05) is 30.5 Å². The minimum absolute atomic E-state index is 0.0214. The lowest BCUT2D eigenvalue weighted by Crippen LogP contribution is -2.45. The van der Waals surface area contributed by atoms with Crippen LogP contribution in [0, 0.1) is 5.92 Å². The molecule has 0 spiro atoms. The molecule has 156 valence electrons. The Kier molecular flexibility index (Phi) is 5.66. The van der Waals surface area contributed by atoms with E-state index in [-0.39, 0.29) is 17.9 Å². The molecule has 2 aromatic rings. The topological polar surface area (TPSA) is 99.4 Å². The molecule has 1 saturated heterocycles. The number of aliphatic hydroxyl groups is 1. The Labute approximate surface area is 170 Å². The smallest absolute Gasteiger partial charge is 0.223 e. The molecule has 1 saturated carbocycles. The van der Waals surface area contributed by atoms with Crippen molar-refractivity contribution in [3.63, 3.8) is 0 Å². The molecule has 2 atom stereocenters. The Bertz CT molecular complexity index is 822. The molecule has 1 amide bonds. The van der Waals surface area contributed by atoms with Crippen LogP contribution in [-0.2, 0) is 4.79 Å². The predicted molar refractivity (Wildman–Crippen MR) is 110 cm³/mol. The van der Waals surface area contributed by atoms with Gasteiger partial charge in [-0.2, -0.15) is 0 Å². The zero-order valence-corrected chi connectivity index (χ0v) is 17.0. The summed E-state index contributed by atoms with van der Waals surface area (Å²) in [6, 6.07) is 2.33. The number of rotatable bonds is 7. The number of anilines is 2. The van der Waals surface area contributed by atoms with Crippen molar-refractivity contribution in [2.75, 3.05) is 36.5 Å². The van der Waals surface area contributed by atoms with E-state index in [0.717, 1.165) is 31.0 Å². The normalized spacial score (nSPS) is 26.2. The van der Waals surface area contributed by atoms with Gasteiger partial charge in [0, 0.05) is 57.1 Å². The Balaban J connectivity index is 1.34.